The highest BCUT2D eigenvalue weighted by molar-refractivity contribution is 7.71. The molecule has 3 heterocycles. The van der Waals surface area contributed by atoms with Crippen LogP contribution in [0, 0.1) is 18.6 Å². The molecule has 6 rings (SSSR count). The van der Waals surface area contributed by atoms with Gasteiger partial charge in [-0.2, -0.15) is 0 Å². The summed E-state index contributed by atoms with van der Waals surface area (Å²) < 4.78 is 16.3. The van der Waals surface area contributed by atoms with E-state index in [-0.39, 0.29) is 6.04 Å². The maximum Gasteiger partial charge on any atom is 0.204 e. The number of fused-ring (bicyclic) bond motifs is 1. The molecule has 1 fully saturated rings. The second-order valence-corrected chi connectivity index (χ2v) is 10.0. The molecule has 6 nitrogen and oxygen atoms in total. The highest BCUT2D eigenvalue weighted by Gasteiger charge is 2.28. The first-order valence-corrected chi connectivity index (χ1v) is 13.0. The predicted molar refractivity (Wildman–Crippen MR) is 143 cm³/mol. The lowest BCUT2D eigenvalue weighted by atomic mass is 10.0. The number of likely N-dealkylation sites (tertiary alicyclic amines) is 1. The second-order valence-electron chi connectivity index (χ2n) is 9.66. The van der Waals surface area contributed by atoms with E-state index in [1.54, 1.807) is 0 Å². The monoisotopic (exact) mass is 498 g/mol. The zero-order chi connectivity index (χ0) is 24.6. The average Bonchev–Trinajstić information content (AvgIpc) is 3.49. The molecule has 2 aliphatic rings. The summed E-state index contributed by atoms with van der Waals surface area (Å²) in [5.74, 6) is 2.53. The Morgan fingerprint density at radius 2 is 1.58 bits per heavy atom. The van der Waals surface area contributed by atoms with Crippen LogP contribution in [0.4, 0.5) is 0 Å². The molecule has 0 amide bonds. The van der Waals surface area contributed by atoms with Crippen molar-refractivity contribution in [1.82, 2.24) is 19.2 Å². The van der Waals surface area contributed by atoms with Crippen molar-refractivity contribution in [2.45, 2.75) is 39.4 Å². The molecule has 0 spiro atoms. The maximum atomic E-state index is 6.02. The normalized spacial score (nSPS) is 17.4. The Kier molecular flexibility index (Phi) is 6.11. The fourth-order valence-corrected chi connectivity index (χ4v) is 5.42. The Balaban J connectivity index is 1.36. The van der Waals surface area contributed by atoms with Gasteiger partial charge in [0.05, 0.1) is 6.67 Å². The van der Waals surface area contributed by atoms with Crippen LogP contribution in [-0.2, 0) is 6.67 Å². The van der Waals surface area contributed by atoms with Gasteiger partial charge in [-0.05, 0) is 68.7 Å². The van der Waals surface area contributed by atoms with Gasteiger partial charge in [0.15, 0.2) is 17.3 Å². The summed E-state index contributed by atoms with van der Waals surface area (Å²) in [5.41, 5.74) is 5.76. The summed E-state index contributed by atoms with van der Waals surface area (Å²) in [4.78, 5) is 2.46. The average molecular weight is 499 g/mol. The molecule has 0 bridgehead atoms. The summed E-state index contributed by atoms with van der Waals surface area (Å²) >= 11 is 6.02. The van der Waals surface area contributed by atoms with Crippen molar-refractivity contribution >= 4 is 12.2 Å². The van der Waals surface area contributed by atoms with Crippen LogP contribution in [0.5, 0.6) is 11.5 Å². The smallest absolute Gasteiger partial charge is 0.204 e. The van der Waals surface area contributed by atoms with Crippen molar-refractivity contribution in [2.75, 3.05) is 19.8 Å². The quantitative estimate of drug-likeness (QED) is 0.304. The summed E-state index contributed by atoms with van der Waals surface area (Å²) in [6, 6.07) is 23.6. The van der Waals surface area contributed by atoms with Crippen LogP contribution in [0.1, 0.15) is 35.6 Å². The van der Waals surface area contributed by atoms with E-state index in [2.05, 4.69) is 84.0 Å². The van der Waals surface area contributed by atoms with Crippen LogP contribution in [0.3, 0.4) is 0 Å². The minimum Gasteiger partial charge on any atom is -0.486 e. The van der Waals surface area contributed by atoms with Gasteiger partial charge in [-0.25, -0.2) is 4.68 Å². The number of hydrogen-bond acceptors (Lipinski definition) is 5. The number of aryl methyl sites for hydroxylation is 2. The van der Waals surface area contributed by atoms with Crippen LogP contribution in [-0.4, -0.2) is 39.0 Å². The van der Waals surface area contributed by atoms with E-state index in [1.807, 2.05) is 10.7 Å². The summed E-state index contributed by atoms with van der Waals surface area (Å²) in [7, 11) is 0. The minimum atomic E-state index is 0.287. The van der Waals surface area contributed by atoms with E-state index >= 15 is 0 Å². The second kappa shape index (κ2) is 9.56. The van der Waals surface area contributed by atoms with E-state index in [4.69, 9.17) is 26.8 Å². The third-order valence-corrected chi connectivity index (χ3v) is 7.46. The van der Waals surface area contributed by atoms with Gasteiger partial charge in [0, 0.05) is 23.8 Å². The fourth-order valence-electron chi connectivity index (χ4n) is 5.13. The maximum absolute atomic E-state index is 6.02. The van der Waals surface area contributed by atoms with Crippen LogP contribution >= 0.6 is 12.2 Å². The summed E-state index contributed by atoms with van der Waals surface area (Å²) in [5, 5.41) is 5.06. The molecule has 0 saturated carbocycles. The van der Waals surface area contributed by atoms with Gasteiger partial charge in [0.2, 0.25) is 4.77 Å². The minimum absolute atomic E-state index is 0.287. The molecular weight excluding hydrogens is 468 g/mol. The van der Waals surface area contributed by atoms with Crippen molar-refractivity contribution in [3.63, 3.8) is 0 Å². The summed E-state index contributed by atoms with van der Waals surface area (Å²) in [6.07, 6.45) is 2.23. The van der Waals surface area contributed by atoms with Gasteiger partial charge >= 0.3 is 0 Å². The SMILES string of the molecule is Cc1ccc(-c2nn(CN3CCC[C@@H]3c3ccc4c(c3)OCCO4)c(=S)n2-c2ccc(C)cc2)cc1. The van der Waals surface area contributed by atoms with Gasteiger partial charge in [-0.3, -0.25) is 9.47 Å². The lowest BCUT2D eigenvalue weighted by molar-refractivity contribution is 0.168. The van der Waals surface area contributed by atoms with Crippen molar-refractivity contribution in [3.8, 4) is 28.6 Å². The highest BCUT2D eigenvalue weighted by Crippen LogP contribution is 2.38. The van der Waals surface area contributed by atoms with Crippen molar-refractivity contribution in [3.05, 3.63) is 88.2 Å². The van der Waals surface area contributed by atoms with Gasteiger partial charge in [-0.1, -0.05) is 53.6 Å². The molecule has 0 aliphatic carbocycles. The molecule has 0 N–H and O–H groups in total. The Morgan fingerprint density at radius 3 is 2.33 bits per heavy atom. The topological polar surface area (TPSA) is 44.5 Å². The molecule has 36 heavy (non-hydrogen) atoms. The van der Waals surface area contributed by atoms with E-state index in [1.165, 1.54) is 16.7 Å². The lowest BCUT2D eigenvalue weighted by Gasteiger charge is -2.26. The zero-order valence-corrected chi connectivity index (χ0v) is 21.5. The Labute approximate surface area is 216 Å². The predicted octanol–water partition coefficient (Wildman–Crippen LogP) is 6.25. The van der Waals surface area contributed by atoms with Gasteiger partial charge in [0.1, 0.15) is 13.2 Å². The molecule has 1 saturated heterocycles. The largest absolute Gasteiger partial charge is 0.486 e. The molecule has 4 aromatic rings. The molecule has 2 aliphatic heterocycles. The van der Waals surface area contributed by atoms with E-state index < -0.39 is 0 Å². The van der Waals surface area contributed by atoms with Crippen LogP contribution in [0.25, 0.3) is 17.1 Å². The summed E-state index contributed by atoms with van der Waals surface area (Å²) in [6.45, 7) is 7.03. The first-order valence-electron chi connectivity index (χ1n) is 12.5. The van der Waals surface area contributed by atoms with Crippen molar-refractivity contribution in [1.29, 1.82) is 0 Å². The van der Waals surface area contributed by atoms with Gasteiger partial charge in [-0.15, -0.1) is 5.10 Å². The van der Waals surface area contributed by atoms with Crippen LogP contribution in [0.2, 0.25) is 0 Å². The molecule has 1 aromatic heterocycles. The number of rotatable bonds is 5. The van der Waals surface area contributed by atoms with E-state index in [9.17, 15) is 0 Å². The molecule has 184 valence electrons. The number of nitrogens with zero attached hydrogens (tertiary/aromatic N) is 4. The third-order valence-electron chi connectivity index (χ3n) is 7.07. The molecular formula is C29H30N4O2S. The fraction of sp³-hybridized carbons (Fsp3) is 0.310. The Hall–Kier alpha value is -3.42. The van der Waals surface area contributed by atoms with Gasteiger partial charge in [0.25, 0.3) is 0 Å². The Morgan fingerprint density at radius 1 is 0.889 bits per heavy atom. The van der Waals surface area contributed by atoms with Crippen LogP contribution in [0.15, 0.2) is 66.7 Å². The number of hydrogen-bond donors (Lipinski definition) is 0. The Bertz CT molecular complexity index is 1440. The highest BCUT2D eigenvalue weighted by atomic mass is 32.1. The van der Waals surface area contributed by atoms with Crippen LogP contribution < -0.4 is 9.47 Å². The standard InChI is InChI=1S/C29H30N4O2S/c1-20-5-9-22(10-6-20)28-30-32(29(36)33(28)24-12-7-21(2)8-13-24)19-31-15-3-4-25(31)23-11-14-26-27(18-23)35-17-16-34-26/h5-14,18,25H,3-4,15-17,19H2,1-2H3/t25-/m1/s1. The number of benzene rings is 3. The molecule has 1 atom stereocenters. The molecule has 0 radical (unpaired) electrons. The van der Waals surface area contributed by atoms with Crippen molar-refractivity contribution in [2.24, 2.45) is 0 Å². The first kappa shape index (κ1) is 23.0. The van der Waals surface area contributed by atoms with E-state index in [0.717, 1.165) is 48.0 Å². The first-order chi connectivity index (χ1) is 17.6. The zero-order valence-electron chi connectivity index (χ0n) is 20.7. The lowest BCUT2D eigenvalue weighted by Crippen LogP contribution is -2.27. The number of ether oxygens (including phenoxy) is 2. The third kappa shape index (κ3) is 4.33. The van der Waals surface area contributed by atoms with Crippen molar-refractivity contribution < 1.29 is 9.47 Å². The molecule has 0 unspecified atom stereocenters. The number of aromatic nitrogens is 3. The van der Waals surface area contributed by atoms with E-state index in [0.29, 0.717) is 24.7 Å². The molecule has 3 aromatic carbocycles. The van der Waals surface area contributed by atoms with Gasteiger partial charge < -0.3 is 9.47 Å². The molecule has 7 heteroatoms.